The maximum atomic E-state index is 14.9. The van der Waals surface area contributed by atoms with E-state index in [1.54, 1.807) is 30.3 Å². The van der Waals surface area contributed by atoms with Gasteiger partial charge in [-0.1, -0.05) is 11.6 Å². The lowest BCUT2D eigenvalue weighted by Gasteiger charge is -2.10. The van der Waals surface area contributed by atoms with Crippen LogP contribution in [0, 0.1) is 5.82 Å². The highest BCUT2D eigenvalue weighted by molar-refractivity contribution is 6.31. The Morgan fingerprint density at radius 2 is 2.14 bits per heavy atom. The second-order valence-corrected chi connectivity index (χ2v) is 6.30. The summed E-state index contributed by atoms with van der Waals surface area (Å²) in [7, 11) is 0. The highest BCUT2D eigenvalue weighted by Gasteiger charge is 2.21. The predicted molar refractivity (Wildman–Crippen MR) is 101 cm³/mol. The summed E-state index contributed by atoms with van der Waals surface area (Å²) in [6.45, 7) is -0.00651. The van der Waals surface area contributed by atoms with Gasteiger partial charge in [0.05, 0.1) is 18.2 Å². The number of halogens is 2. The number of hydrogen-bond donors (Lipinski definition) is 3. The Balaban J connectivity index is 1.85. The Morgan fingerprint density at radius 3 is 2.89 bits per heavy atom. The Labute approximate surface area is 162 Å². The van der Waals surface area contributed by atoms with Crippen LogP contribution in [0.15, 0.2) is 41.0 Å². The minimum absolute atomic E-state index is 0.00651. The predicted octanol–water partition coefficient (Wildman–Crippen LogP) is 3.96. The SMILES string of the molecule is O=C(O)CCNc1nc(-c2n[nH]c3ccc(Cl)cc23)nc(-c2ccco2)c1F. The summed E-state index contributed by atoms with van der Waals surface area (Å²) in [6.07, 6.45) is 1.20. The van der Waals surface area contributed by atoms with E-state index in [1.165, 1.54) is 6.26 Å². The van der Waals surface area contributed by atoms with Gasteiger partial charge in [-0.25, -0.2) is 14.4 Å². The zero-order valence-corrected chi connectivity index (χ0v) is 15.0. The van der Waals surface area contributed by atoms with E-state index in [1.807, 2.05) is 0 Å². The largest absolute Gasteiger partial charge is 0.481 e. The number of hydrogen-bond acceptors (Lipinski definition) is 6. The number of carboxylic acid groups (broad SMARTS) is 1. The molecule has 0 bridgehead atoms. The third-order valence-corrected chi connectivity index (χ3v) is 4.21. The van der Waals surface area contributed by atoms with E-state index in [0.717, 1.165) is 0 Å². The van der Waals surface area contributed by atoms with Crippen molar-refractivity contribution >= 4 is 34.3 Å². The normalized spacial score (nSPS) is 11.1. The van der Waals surface area contributed by atoms with Crippen LogP contribution in [0.2, 0.25) is 5.02 Å². The fraction of sp³-hybridized carbons (Fsp3) is 0.111. The molecule has 0 radical (unpaired) electrons. The highest BCUT2D eigenvalue weighted by Crippen LogP contribution is 2.31. The number of rotatable bonds is 6. The van der Waals surface area contributed by atoms with Gasteiger partial charge in [0.15, 0.2) is 23.2 Å². The molecule has 142 valence electrons. The van der Waals surface area contributed by atoms with E-state index in [9.17, 15) is 9.18 Å². The Kier molecular flexibility index (Phi) is 4.66. The molecule has 1 aromatic carbocycles. The van der Waals surface area contributed by atoms with Crippen LogP contribution in [-0.2, 0) is 4.79 Å². The van der Waals surface area contributed by atoms with Crippen molar-refractivity contribution in [1.82, 2.24) is 20.2 Å². The van der Waals surface area contributed by atoms with Crippen molar-refractivity contribution in [2.24, 2.45) is 0 Å². The molecule has 0 saturated heterocycles. The lowest BCUT2D eigenvalue weighted by atomic mass is 10.2. The van der Waals surface area contributed by atoms with Crippen molar-refractivity contribution in [2.75, 3.05) is 11.9 Å². The number of furan rings is 1. The zero-order valence-electron chi connectivity index (χ0n) is 14.2. The third kappa shape index (κ3) is 3.39. The van der Waals surface area contributed by atoms with Crippen LogP contribution in [0.5, 0.6) is 0 Å². The van der Waals surface area contributed by atoms with Gasteiger partial charge in [0.2, 0.25) is 0 Å². The van der Waals surface area contributed by atoms with Crippen molar-refractivity contribution in [2.45, 2.75) is 6.42 Å². The number of aromatic nitrogens is 4. The van der Waals surface area contributed by atoms with Crippen molar-refractivity contribution in [3.05, 3.63) is 47.4 Å². The number of carbonyl (C=O) groups is 1. The molecule has 0 amide bonds. The van der Waals surface area contributed by atoms with E-state index >= 15 is 0 Å². The number of nitrogens with zero attached hydrogens (tertiary/aromatic N) is 3. The summed E-state index contributed by atoms with van der Waals surface area (Å²) in [5.74, 6) is -1.56. The lowest BCUT2D eigenvalue weighted by molar-refractivity contribution is -0.136. The van der Waals surface area contributed by atoms with Crippen LogP contribution in [0.25, 0.3) is 33.9 Å². The average molecular weight is 402 g/mol. The molecular formula is C18H13ClFN5O3. The molecule has 0 spiro atoms. The molecule has 0 saturated carbocycles. The topological polar surface area (TPSA) is 117 Å². The van der Waals surface area contributed by atoms with E-state index in [0.29, 0.717) is 21.6 Å². The van der Waals surface area contributed by atoms with Crippen LogP contribution in [0.1, 0.15) is 6.42 Å². The van der Waals surface area contributed by atoms with Crippen LogP contribution in [0.3, 0.4) is 0 Å². The molecule has 0 atom stereocenters. The number of aromatic amines is 1. The van der Waals surface area contributed by atoms with Crippen molar-refractivity contribution < 1.29 is 18.7 Å². The molecule has 3 N–H and O–H groups in total. The van der Waals surface area contributed by atoms with E-state index in [2.05, 4.69) is 25.5 Å². The quantitative estimate of drug-likeness (QED) is 0.447. The third-order valence-electron chi connectivity index (χ3n) is 3.97. The van der Waals surface area contributed by atoms with E-state index in [-0.39, 0.29) is 36.1 Å². The fourth-order valence-electron chi connectivity index (χ4n) is 2.69. The first kappa shape index (κ1) is 17.9. The van der Waals surface area contributed by atoms with Crippen LogP contribution < -0.4 is 5.32 Å². The standard InChI is InChI=1S/C18H13ClFN5O3/c19-9-3-4-11-10(8-9)15(25-24-11)18-22-16(12-2-1-7-28-12)14(20)17(23-18)21-6-5-13(26)27/h1-4,7-8H,5-6H2,(H,24,25)(H,26,27)(H,21,22,23). The lowest BCUT2D eigenvalue weighted by Crippen LogP contribution is -2.12. The summed E-state index contributed by atoms with van der Waals surface area (Å²) in [4.78, 5) is 19.2. The van der Waals surface area contributed by atoms with Gasteiger partial charge in [-0.05, 0) is 30.3 Å². The number of benzene rings is 1. The smallest absolute Gasteiger partial charge is 0.305 e. The van der Waals surface area contributed by atoms with E-state index in [4.69, 9.17) is 21.1 Å². The van der Waals surface area contributed by atoms with Gasteiger partial charge >= 0.3 is 5.97 Å². The number of nitrogens with one attached hydrogen (secondary N) is 2. The molecule has 10 heteroatoms. The molecule has 0 aliphatic rings. The molecule has 3 heterocycles. The number of fused-ring (bicyclic) bond motifs is 1. The maximum Gasteiger partial charge on any atom is 0.305 e. The monoisotopic (exact) mass is 401 g/mol. The highest BCUT2D eigenvalue weighted by atomic mass is 35.5. The average Bonchev–Trinajstić information content (AvgIpc) is 3.32. The minimum Gasteiger partial charge on any atom is -0.481 e. The van der Waals surface area contributed by atoms with Gasteiger partial charge < -0.3 is 14.8 Å². The van der Waals surface area contributed by atoms with Gasteiger partial charge in [-0.3, -0.25) is 9.89 Å². The van der Waals surface area contributed by atoms with Gasteiger partial charge in [0.25, 0.3) is 0 Å². The molecule has 0 unspecified atom stereocenters. The minimum atomic E-state index is -1.01. The number of carboxylic acids is 1. The summed E-state index contributed by atoms with van der Waals surface area (Å²) in [6, 6.07) is 8.35. The molecule has 3 aromatic heterocycles. The summed E-state index contributed by atoms with van der Waals surface area (Å²) in [5.41, 5.74) is 1.03. The number of H-pyrrole nitrogens is 1. The van der Waals surface area contributed by atoms with Crippen molar-refractivity contribution in [3.63, 3.8) is 0 Å². The summed E-state index contributed by atoms with van der Waals surface area (Å²) < 4.78 is 20.2. The van der Waals surface area contributed by atoms with Crippen molar-refractivity contribution in [3.8, 4) is 23.0 Å². The number of aliphatic carboxylic acids is 1. The van der Waals surface area contributed by atoms with Crippen molar-refractivity contribution in [1.29, 1.82) is 0 Å². The molecule has 4 aromatic rings. The fourth-order valence-corrected chi connectivity index (χ4v) is 2.86. The van der Waals surface area contributed by atoms with Gasteiger partial charge in [-0.15, -0.1) is 0 Å². The first-order chi connectivity index (χ1) is 13.5. The molecule has 0 aliphatic carbocycles. The summed E-state index contributed by atoms with van der Waals surface area (Å²) >= 11 is 6.08. The van der Waals surface area contributed by atoms with E-state index < -0.39 is 11.8 Å². The van der Waals surface area contributed by atoms with Crippen LogP contribution >= 0.6 is 11.6 Å². The van der Waals surface area contributed by atoms with Gasteiger partial charge in [0.1, 0.15) is 11.4 Å². The molecule has 4 rings (SSSR count). The first-order valence-electron chi connectivity index (χ1n) is 8.24. The molecule has 8 nitrogen and oxygen atoms in total. The summed E-state index contributed by atoms with van der Waals surface area (Å²) in [5, 5.41) is 19.8. The Bertz CT molecular complexity index is 1160. The second kappa shape index (κ2) is 7.28. The Morgan fingerprint density at radius 1 is 1.29 bits per heavy atom. The van der Waals surface area contributed by atoms with Gasteiger partial charge in [0, 0.05) is 17.0 Å². The second-order valence-electron chi connectivity index (χ2n) is 5.87. The molecular weight excluding hydrogens is 389 g/mol. The molecule has 28 heavy (non-hydrogen) atoms. The number of anilines is 1. The Hall–Kier alpha value is -3.46. The molecule has 0 aliphatic heterocycles. The van der Waals surface area contributed by atoms with Crippen LogP contribution in [0.4, 0.5) is 10.2 Å². The molecule has 0 fully saturated rings. The van der Waals surface area contributed by atoms with Crippen LogP contribution in [-0.4, -0.2) is 37.8 Å². The zero-order chi connectivity index (χ0) is 19.7. The van der Waals surface area contributed by atoms with Gasteiger partial charge in [-0.2, -0.15) is 5.10 Å². The maximum absolute atomic E-state index is 14.9. The first-order valence-corrected chi connectivity index (χ1v) is 8.62.